The third-order valence-electron chi connectivity index (χ3n) is 11.6. The number of sulfonamides is 1. The van der Waals surface area contributed by atoms with Crippen LogP contribution < -0.4 is 19.7 Å². The smallest absolute Gasteiger partial charge is 0.296 e. The van der Waals surface area contributed by atoms with Gasteiger partial charge in [-0.25, -0.2) is 22.5 Å². The Morgan fingerprint density at radius 3 is 2.68 bits per heavy atom. The third kappa shape index (κ3) is 9.71. The number of pyridine rings is 1. The summed E-state index contributed by atoms with van der Waals surface area (Å²) in [6.07, 6.45) is 5.92. The minimum atomic E-state index is -4.85. The van der Waals surface area contributed by atoms with Gasteiger partial charge in [-0.05, 0) is 85.7 Å². The van der Waals surface area contributed by atoms with Gasteiger partial charge >= 0.3 is 0 Å². The number of ether oxygens (including phenoxy) is 3. The Kier molecular flexibility index (Phi) is 12.8. The first-order chi connectivity index (χ1) is 29.8. The van der Waals surface area contributed by atoms with Gasteiger partial charge in [0.05, 0.1) is 47.5 Å². The molecule has 3 N–H and O–H groups in total. The van der Waals surface area contributed by atoms with E-state index in [1.54, 1.807) is 24.4 Å². The highest BCUT2D eigenvalue weighted by atomic mass is 35.5. The summed E-state index contributed by atoms with van der Waals surface area (Å²) in [6, 6.07) is 18.0. The maximum absolute atomic E-state index is 15.5. The van der Waals surface area contributed by atoms with E-state index < -0.39 is 49.0 Å². The van der Waals surface area contributed by atoms with Crippen molar-refractivity contribution in [2.75, 3.05) is 62.8 Å². The minimum absolute atomic E-state index is 0.0237. The molecule has 4 heterocycles. The van der Waals surface area contributed by atoms with E-state index in [1.165, 1.54) is 29.0 Å². The van der Waals surface area contributed by atoms with Gasteiger partial charge in [-0.15, -0.1) is 0 Å². The molecule has 18 heteroatoms. The van der Waals surface area contributed by atoms with Gasteiger partial charge in [0.25, 0.3) is 21.6 Å². The molecule has 8 rings (SSSR count). The zero-order chi connectivity index (χ0) is 43.5. The number of piperazine rings is 1. The van der Waals surface area contributed by atoms with Crippen LogP contribution in [0.25, 0.3) is 16.6 Å². The second kappa shape index (κ2) is 18.4. The number of allylic oxidation sites excluding steroid dienone is 1. The van der Waals surface area contributed by atoms with Gasteiger partial charge in [-0.3, -0.25) is 19.8 Å². The summed E-state index contributed by atoms with van der Waals surface area (Å²) in [7, 11) is -4.85. The summed E-state index contributed by atoms with van der Waals surface area (Å²) in [5.41, 5.74) is 3.94. The second-order valence-electron chi connectivity index (χ2n) is 16.0. The summed E-state index contributed by atoms with van der Waals surface area (Å²) in [5.74, 6) is -1.36. The van der Waals surface area contributed by atoms with Gasteiger partial charge in [-0.2, -0.15) is 0 Å². The molecule has 1 amide bonds. The summed E-state index contributed by atoms with van der Waals surface area (Å²) < 4.78 is 61.8. The van der Waals surface area contributed by atoms with Crippen LogP contribution >= 0.6 is 11.6 Å². The van der Waals surface area contributed by atoms with Crippen LogP contribution in [0.3, 0.4) is 0 Å². The number of nitrogens with one attached hydrogen (secondary N) is 3. The molecule has 5 aromatic rings. The Bertz CT molecular complexity index is 2620. The average Bonchev–Trinajstić information content (AvgIpc) is 3.73. The number of carbonyl (C=O) groups is 1. The molecule has 62 heavy (non-hydrogen) atoms. The molecule has 0 spiro atoms. The van der Waals surface area contributed by atoms with Crippen LogP contribution in [0.2, 0.25) is 5.02 Å². The Balaban J connectivity index is 1.03. The van der Waals surface area contributed by atoms with E-state index in [2.05, 4.69) is 51.1 Å². The zero-order valence-corrected chi connectivity index (χ0v) is 35.8. The SMILES string of the molecule is C[C@H]1CCC(CN2CCN(c3ccc(C(=O)NS(=O)(=O)c4cc(F)c(NC[C@H]5COCCO5)c([N+](=O)[O-])c4)c(Oc4cnc5[nH]ccc5c4)c3)C[C@H]2C)=C(c2ccc(Cl)cc2)C1. The molecule has 326 valence electrons. The lowest BCUT2D eigenvalue weighted by Gasteiger charge is -2.42. The average molecular weight is 888 g/mol. The summed E-state index contributed by atoms with van der Waals surface area (Å²) in [5, 5.41) is 16.1. The van der Waals surface area contributed by atoms with Crippen molar-refractivity contribution in [2.45, 2.75) is 50.2 Å². The maximum Gasteiger partial charge on any atom is 0.296 e. The van der Waals surface area contributed by atoms with Crippen molar-refractivity contribution in [1.82, 2.24) is 19.6 Å². The van der Waals surface area contributed by atoms with Gasteiger partial charge in [0.1, 0.15) is 22.8 Å². The largest absolute Gasteiger partial charge is 0.455 e. The van der Waals surface area contributed by atoms with E-state index >= 15 is 4.39 Å². The molecule has 2 aliphatic heterocycles. The third-order valence-corrected chi connectivity index (χ3v) is 13.2. The van der Waals surface area contributed by atoms with Crippen LogP contribution in [0.15, 0.2) is 89.6 Å². The molecular weight excluding hydrogens is 841 g/mol. The lowest BCUT2D eigenvalue weighted by molar-refractivity contribution is -0.384. The number of anilines is 2. The van der Waals surface area contributed by atoms with Crippen LogP contribution in [0.5, 0.6) is 11.5 Å². The van der Waals surface area contributed by atoms with Gasteiger partial charge in [0.15, 0.2) is 5.82 Å². The van der Waals surface area contributed by atoms with Crippen molar-refractivity contribution >= 4 is 61.2 Å². The van der Waals surface area contributed by atoms with Gasteiger partial charge in [0.2, 0.25) is 0 Å². The molecule has 0 radical (unpaired) electrons. The lowest BCUT2D eigenvalue weighted by Crippen LogP contribution is -2.52. The van der Waals surface area contributed by atoms with Gasteiger partial charge in [0, 0.05) is 73.2 Å². The number of amides is 1. The van der Waals surface area contributed by atoms with E-state index in [0.29, 0.717) is 60.8 Å². The maximum atomic E-state index is 15.5. The van der Waals surface area contributed by atoms with E-state index in [-0.39, 0.29) is 30.5 Å². The number of benzene rings is 3. The van der Waals surface area contributed by atoms with Crippen molar-refractivity contribution < 1.29 is 36.7 Å². The number of rotatable bonds is 13. The van der Waals surface area contributed by atoms with E-state index in [9.17, 15) is 23.3 Å². The van der Waals surface area contributed by atoms with Crippen molar-refractivity contribution in [3.63, 3.8) is 0 Å². The molecule has 2 saturated heterocycles. The van der Waals surface area contributed by atoms with Crippen molar-refractivity contribution in [2.24, 2.45) is 5.92 Å². The minimum Gasteiger partial charge on any atom is -0.455 e. The fourth-order valence-corrected chi connectivity index (χ4v) is 9.38. The molecule has 15 nitrogen and oxygen atoms in total. The second-order valence-corrected chi connectivity index (χ2v) is 18.1. The predicted octanol–water partition coefficient (Wildman–Crippen LogP) is 7.79. The first-order valence-electron chi connectivity index (χ1n) is 20.5. The highest BCUT2D eigenvalue weighted by Crippen LogP contribution is 2.38. The normalized spacial score (nSPS) is 20.0. The Hall–Kier alpha value is -5.59. The fourth-order valence-electron chi connectivity index (χ4n) is 8.25. The Morgan fingerprint density at radius 2 is 1.92 bits per heavy atom. The molecule has 2 aromatic heterocycles. The summed E-state index contributed by atoms with van der Waals surface area (Å²) >= 11 is 6.22. The topological polar surface area (TPSA) is 181 Å². The van der Waals surface area contributed by atoms with Crippen molar-refractivity contribution in [1.29, 1.82) is 0 Å². The standard InChI is InChI=1S/C44H47ClFN7O8S/c1-27-3-4-31(38(17-27)29-5-7-32(45)8-6-29)25-51-13-14-52(24-28(51)2)33-9-10-37(41(19-33)61-34-18-30-11-12-47-43(30)49-22-34)44(54)50-62(57,58)36-20-39(46)42(40(21-36)53(55)56)48-23-35-26-59-15-16-60-35/h5-12,18-22,27-28,35,48H,3-4,13-17,23-26H2,1-2H3,(H,47,49)(H,50,54)/t27-,28+,35-/m0/s1. The van der Waals surface area contributed by atoms with Gasteiger partial charge in [-0.1, -0.05) is 36.2 Å². The number of hydrogen-bond donors (Lipinski definition) is 3. The number of nitrogens with zero attached hydrogens (tertiary/aromatic N) is 4. The van der Waals surface area contributed by atoms with Gasteiger partial charge < -0.3 is 29.4 Å². The number of aromatic amines is 1. The first kappa shape index (κ1) is 43.1. The highest BCUT2D eigenvalue weighted by Gasteiger charge is 2.31. The fraction of sp³-hybridized carbons (Fsp3) is 0.364. The van der Waals surface area contributed by atoms with E-state index in [4.69, 9.17) is 25.8 Å². The molecule has 0 saturated carbocycles. The Labute approximate surface area is 363 Å². The summed E-state index contributed by atoms with van der Waals surface area (Å²) in [4.78, 5) is 36.3. The molecule has 0 bridgehead atoms. The van der Waals surface area contributed by atoms with Crippen LogP contribution in [-0.4, -0.2) is 98.8 Å². The number of nitro benzene ring substituents is 1. The number of halogens is 2. The number of H-pyrrole nitrogens is 1. The Morgan fingerprint density at radius 1 is 1.10 bits per heavy atom. The van der Waals surface area contributed by atoms with E-state index in [1.807, 2.05) is 22.9 Å². The van der Waals surface area contributed by atoms with Crippen LogP contribution in [0.1, 0.15) is 49.0 Å². The first-order valence-corrected chi connectivity index (χ1v) is 22.4. The quantitative estimate of drug-likeness (QED) is 0.0773. The molecule has 3 aliphatic rings. The highest BCUT2D eigenvalue weighted by molar-refractivity contribution is 7.90. The van der Waals surface area contributed by atoms with Crippen molar-refractivity contribution in [3.05, 3.63) is 117 Å². The number of nitro groups is 1. The molecule has 3 atom stereocenters. The van der Waals surface area contributed by atoms with Crippen LogP contribution in [-0.2, 0) is 19.5 Å². The number of aromatic nitrogens is 2. The van der Waals surface area contributed by atoms with Crippen molar-refractivity contribution in [3.8, 4) is 11.5 Å². The molecule has 1 aliphatic carbocycles. The number of fused-ring (bicyclic) bond motifs is 1. The molecule has 2 fully saturated rings. The number of carbonyl (C=O) groups excluding carboxylic acids is 1. The molecular formula is C44H47ClFN7O8S. The van der Waals surface area contributed by atoms with E-state index in [0.717, 1.165) is 43.4 Å². The van der Waals surface area contributed by atoms with Crippen LogP contribution in [0, 0.1) is 21.8 Å². The molecule has 3 aromatic carbocycles. The molecule has 0 unspecified atom stereocenters. The van der Waals surface area contributed by atoms with Crippen LogP contribution in [0.4, 0.5) is 21.5 Å². The predicted molar refractivity (Wildman–Crippen MR) is 234 cm³/mol. The zero-order valence-electron chi connectivity index (χ0n) is 34.2. The summed E-state index contributed by atoms with van der Waals surface area (Å²) in [6.45, 7) is 8.35. The lowest BCUT2D eigenvalue weighted by atomic mass is 9.81. The monoisotopic (exact) mass is 887 g/mol. The number of hydrogen-bond acceptors (Lipinski definition) is 12.